The molecule has 1 fully saturated rings. The Hall–Kier alpha value is -3.55. The quantitative estimate of drug-likeness (QED) is 0.658. The summed E-state index contributed by atoms with van der Waals surface area (Å²) < 4.78 is 0.715. The van der Waals surface area contributed by atoms with Gasteiger partial charge in [-0.25, -0.2) is 4.57 Å². The van der Waals surface area contributed by atoms with Gasteiger partial charge in [0.15, 0.2) is 5.82 Å². The summed E-state index contributed by atoms with van der Waals surface area (Å²) in [5, 5.41) is 25.5. The van der Waals surface area contributed by atoms with Crippen LogP contribution in [0.15, 0.2) is 57.5 Å². The van der Waals surface area contributed by atoms with Gasteiger partial charge >= 0.3 is 0 Å². The molecule has 1 aromatic carbocycles. The van der Waals surface area contributed by atoms with E-state index in [1.54, 1.807) is 0 Å². The highest BCUT2D eigenvalue weighted by atomic mass is 16.3. The van der Waals surface area contributed by atoms with E-state index >= 15 is 0 Å². The average Bonchev–Trinajstić information content (AvgIpc) is 3.42. The highest BCUT2D eigenvalue weighted by Crippen LogP contribution is 2.40. The van der Waals surface area contributed by atoms with Crippen molar-refractivity contribution < 1.29 is 9.90 Å². The third-order valence-electron chi connectivity index (χ3n) is 4.64. The average molecular weight is 377 g/mol. The van der Waals surface area contributed by atoms with Gasteiger partial charge in [0, 0.05) is 36.6 Å². The number of pyridine rings is 1. The third-order valence-corrected chi connectivity index (χ3v) is 4.64. The number of benzene rings is 1. The molecule has 1 saturated carbocycles. The predicted octanol–water partition coefficient (Wildman–Crippen LogP) is 3.82. The third kappa shape index (κ3) is 3.62. The molecule has 8 nitrogen and oxygen atoms in total. The summed E-state index contributed by atoms with van der Waals surface area (Å²) >= 11 is 0. The zero-order valence-electron chi connectivity index (χ0n) is 15.3. The molecule has 0 unspecified atom stereocenters. The number of azo groups is 1. The molecule has 0 saturated heterocycles. The Morgan fingerprint density at radius 3 is 2.68 bits per heavy atom. The van der Waals surface area contributed by atoms with E-state index in [0.717, 1.165) is 24.1 Å². The largest absolute Gasteiger partial charge is 0.492 e. The van der Waals surface area contributed by atoms with Crippen LogP contribution >= 0.6 is 0 Å². The van der Waals surface area contributed by atoms with E-state index in [1.165, 1.54) is 13.0 Å². The van der Waals surface area contributed by atoms with Gasteiger partial charge in [-0.3, -0.25) is 14.7 Å². The number of H-pyrrole nitrogens is 1. The minimum atomic E-state index is -0.593. The first-order valence-electron chi connectivity index (χ1n) is 9.02. The lowest BCUT2D eigenvalue weighted by Gasteiger charge is -2.10. The fraction of sp³-hybridized carbons (Fsp3) is 0.250. The number of nitrogens with one attached hydrogen (secondary N) is 1. The van der Waals surface area contributed by atoms with Gasteiger partial charge in [-0.2, -0.15) is 5.10 Å². The van der Waals surface area contributed by atoms with E-state index in [2.05, 4.69) is 20.4 Å². The number of hydrogen-bond acceptors (Lipinski definition) is 6. The van der Waals surface area contributed by atoms with Crippen molar-refractivity contribution in [3.05, 3.63) is 69.6 Å². The van der Waals surface area contributed by atoms with Crippen LogP contribution in [-0.2, 0) is 6.42 Å². The molecule has 0 radical (unpaired) electrons. The summed E-state index contributed by atoms with van der Waals surface area (Å²) in [4.78, 5) is 24.6. The molecule has 0 amide bonds. The predicted molar refractivity (Wildman–Crippen MR) is 103 cm³/mol. The molecule has 3 aromatic rings. The Balaban J connectivity index is 1.71. The summed E-state index contributed by atoms with van der Waals surface area (Å²) in [5.74, 6) is -0.242. The van der Waals surface area contributed by atoms with Crippen LogP contribution in [0.25, 0.3) is 0 Å². The second-order valence-corrected chi connectivity index (χ2v) is 6.86. The standard InChI is InChI=1S/C20H19N5O3/c1-12(26)25-19(27)15(9-13-5-3-2-4-6-13)10-17(20(25)28)22-24-18-11-16(21-23-18)14-7-8-14/h2-6,10-11,14,28H,7-9H2,1H3,(H,21,23). The first-order chi connectivity index (χ1) is 13.5. The van der Waals surface area contributed by atoms with Crippen LogP contribution in [0, 0.1) is 0 Å². The summed E-state index contributed by atoms with van der Waals surface area (Å²) in [6, 6.07) is 12.7. The van der Waals surface area contributed by atoms with Crippen LogP contribution in [0.1, 0.15) is 47.3 Å². The molecular weight excluding hydrogens is 358 g/mol. The molecular formula is C20H19N5O3. The zero-order valence-corrected chi connectivity index (χ0v) is 15.3. The lowest BCUT2D eigenvalue weighted by molar-refractivity contribution is 0.0922. The topological polar surface area (TPSA) is 113 Å². The molecule has 2 aromatic heterocycles. The van der Waals surface area contributed by atoms with Gasteiger partial charge in [-0.1, -0.05) is 30.3 Å². The Kier molecular flexibility index (Phi) is 4.60. The molecule has 0 spiro atoms. The van der Waals surface area contributed by atoms with Gasteiger partial charge in [0.25, 0.3) is 5.56 Å². The number of aromatic amines is 1. The van der Waals surface area contributed by atoms with Crippen LogP contribution < -0.4 is 5.56 Å². The van der Waals surface area contributed by atoms with Crippen LogP contribution in [0.4, 0.5) is 11.5 Å². The zero-order chi connectivity index (χ0) is 19.7. The van der Waals surface area contributed by atoms with Crippen molar-refractivity contribution in [2.75, 3.05) is 0 Å². The molecule has 2 heterocycles. The van der Waals surface area contributed by atoms with Crippen molar-refractivity contribution in [3.63, 3.8) is 0 Å². The molecule has 0 aliphatic heterocycles. The van der Waals surface area contributed by atoms with Gasteiger partial charge in [0.1, 0.15) is 5.69 Å². The van der Waals surface area contributed by atoms with Crippen LogP contribution in [0.3, 0.4) is 0 Å². The number of carbonyl (C=O) groups excluding carboxylic acids is 1. The fourth-order valence-electron chi connectivity index (χ4n) is 3.04. The molecule has 1 aliphatic carbocycles. The molecule has 28 heavy (non-hydrogen) atoms. The molecule has 8 heteroatoms. The second kappa shape index (κ2) is 7.22. The van der Waals surface area contributed by atoms with Crippen molar-refractivity contribution in [2.24, 2.45) is 10.2 Å². The number of nitrogens with zero attached hydrogens (tertiary/aromatic N) is 4. The minimum Gasteiger partial charge on any atom is -0.492 e. The van der Waals surface area contributed by atoms with Gasteiger partial charge < -0.3 is 5.11 Å². The van der Waals surface area contributed by atoms with Gasteiger partial charge in [0.2, 0.25) is 11.8 Å². The van der Waals surface area contributed by atoms with Crippen molar-refractivity contribution in [1.29, 1.82) is 0 Å². The van der Waals surface area contributed by atoms with E-state index in [0.29, 0.717) is 28.3 Å². The number of carbonyl (C=O) groups is 1. The van der Waals surface area contributed by atoms with E-state index < -0.39 is 17.3 Å². The Bertz CT molecular complexity index is 1110. The van der Waals surface area contributed by atoms with Crippen molar-refractivity contribution >= 4 is 17.4 Å². The summed E-state index contributed by atoms with van der Waals surface area (Å²) in [6.07, 6.45) is 2.57. The Morgan fingerprint density at radius 2 is 2.00 bits per heavy atom. The maximum atomic E-state index is 12.6. The maximum Gasteiger partial charge on any atom is 0.263 e. The number of aromatic nitrogens is 3. The lowest BCUT2D eigenvalue weighted by Crippen LogP contribution is -2.27. The molecule has 0 atom stereocenters. The van der Waals surface area contributed by atoms with Crippen LogP contribution in [0.5, 0.6) is 5.88 Å². The maximum absolute atomic E-state index is 12.6. The molecule has 1 aliphatic rings. The van der Waals surface area contributed by atoms with Crippen LogP contribution in [0.2, 0.25) is 0 Å². The Morgan fingerprint density at radius 1 is 1.25 bits per heavy atom. The fourth-order valence-corrected chi connectivity index (χ4v) is 3.04. The van der Waals surface area contributed by atoms with E-state index in [1.807, 2.05) is 36.4 Å². The molecule has 142 valence electrons. The number of rotatable bonds is 5. The molecule has 4 rings (SSSR count). The first kappa shape index (κ1) is 17.8. The van der Waals surface area contributed by atoms with Crippen LogP contribution in [-0.4, -0.2) is 25.8 Å². The van der Waals surface area contributed by atoms with E-state index in [-0.39, 0.29) is 5.69 Å². The van der Waals surface area contributed by atoms with Gasteiger partial charge in [-0.05, 0) is 24.5 Å². The van der Waals surface area contributed by atoms with Gasteiger partial charge in [0.05, 0.1) is 0 Å². The van der Waals surface area contributed by atoms with Crippen molar-refractivity contribution in [2.45, 2.75) is 32.1 Å². The molecule has 2 N–H and O–H groups in total. The number of aromatic hydroxyl groups is 1. The monoisotopic (exact) mass is 377 g/mol. The SMILES string of the molecule is CC(=O)n1c(O)c(N=Nc2cc(C3CC3)[nH]n2)cc(Cc2ccccc2)c1=O. The highest BCUT2D eigenvalue weighted by molar-refractivity contribution is 5.79. The minimum absolute atomic E-state index is 0.0386. The molecule has 0 bridgehead atoms. The van der Waals surface area contributed by atoms with E-state index in [9.17, 15) is 14.7 Å². The normalized spacial score (nSPS) is 13.9. The smallest absolute Gasteiger partial charge is 0.263 e. The van der Waals surface area contributed by atoms with E-state index in [4.69, 9.17) is 0 Å². The lowest BCUT2D eigenvalue weighted by atomic mass is 10.1. The second-order valence-electron chi connectivity index (χ2n) is 6.86. The van der Waals surface area contributed by atoms with Gasteiger partial charge in [-0.15, -0.1) is 10.2 Å². The van der Waals surface area contributed by atoms with Crippen molar-refractivity contribution in [3.8, 4) is 5.88 Å². The number of hydrogen-bond donors (Lipinski definition) is 2. The van der Waals surface area contributed by atoms with Crippen molar-refractivity contribution in [1.82, 2.24) is 14.8 Å². The first-order valence-corrected chi connectivity index (χ1v) is 9.02. The summed E-state index contributed by atoms with van der Waals surface area (Å²) in [7, 11) is 0. The highest BCUT2D eigenvalue weighted by Gasteiger charge is 2.25. The Labute approximate surface area is 160 Å². The summed E-state index contributed by atoms with van der Waals surface area (Å²) in [5.41, 5.74) is 1.73. The summed E-state index contributed by atoms with van der Waals surface area (Å²) in [6.45, 7) is 1.21.